The van der Waals surface area contributed by atoms with Crippen LogP contribution in [0, 0.1) is 0 Å². The number of benzene rings is 14. The SMILES string of the molecule is c1ccc(-n2c3ccccc3c3cc(-c4ccc5c(c4)c4cc6ccccc6cc4n5-c4cc5c(cn4)-c4cnc(-c6ccc(-n7c8ccc(-c9ccc%10c(c9)c9ccccc9n%10-c9cc%10c(cn9)-c9cncc%11cccc-%10c9%11)cc8c8ccc9ccccc9c87)cc6)c6cccc-5c46)ccc32)cc1. The molecule has 14 aromatic carbocycles. The number of fused-ring (bicyclic) bond motifs is 21. The molecule has 2 aliphatic carbocycles. The molecule has 104 heavy (non-hydrogen) atoms. The van der Waals surface area contributed by atoms with Crippen LogP contribution < -0.4 is 0 Å². The minimum atomic E-state index is 0.874. The van der Waals surface area contributed by atoms with Gasteiger partial charge in [-0.25, -0.2) is 9.97 Å². The Bertz CT molecular complexity index is 7590. The fourth-order valence-electron chi connectivity index (χ4n) is 18.2. The van der Waals surface area contributed by atoms with Crippen LogP contribution in [0.1, 0.15) is 0 Å². The highest BCUT2D eigenvalue weighted by Gasteiger charge is 2.29. The second kappa shape index (κ2) is 20.8. The highest BCUT2D eigenvalue weighted by Crippen LogP contribution is 2.52. The van der Waals surface area contributed by atoms with Gasteiger partial charge >= 0.3 is 0 Å². The molecule has 478 valence electrons. The Kier molecular flexibility index (Phi) is 11.1. The number of pyridine rings is 4. The minimum absolute atomic E-state index is 0.874. The lowest BCUT2D eigenvalue weighted by Gasteiger charge is -2.12. The van der Waals surface area contributed by atoms with Gasteiger partial charge in [0.15, 0.2) is 0 Å². The Labute approximate surface area is 594 Å². The number of hydrogen-bond donors (Lipinski definition) is 0. The van der Waals surface area contributed by atoms with Gasteiger partial charge < -0.3 is 9.13 Å². The predicted molar refractivity (Wildman–Crippen MR) is 430 cm³/mol. The number of rotatable bonds is 7. The van der Waals surface area contributed by atoms with Crippen LogP contribution in [0.15, 0.2) is 328 Å². The van der Waals surface area contributed by atoms with E-state index in [1.54, 1.807) is 0 Å². The Morgan fingerprint density at radius 3 is 1.34 bits per heavy atom. The second-order valence-electron chi connectivity index (χ2n) is 28.1. The molecule has 8 heterocycles. The fraction of sp³-hybridized carbons (Fsp3) is 0. The van der Waals surface area contributed by atoms with E-state index in [1.807, 2.05) is 18.6 Å². The predicted octanol–water partition coefficient (Wildman–Crippen LogP) is 24.6. The van der Waals surface area contributed by atoms with Crippen molar-refractivity contribution >= 4 is 130 Å². The number of hydrogen-bond acceptors (Lipinski definition) is 4. The summed E-state index contributed by atoms with van der Waals surface area (Å²) in [5.74, 6) is 1.77. The van der Waals surface area contributed by atoms with Gasteiger partial charge in [0.2, 0.25) is 0 Å². The van der Waals surface area contributed by atoms with E-state index in [2.05, 4.69) is 333 Å². The molecule has 8 aromatic heterocycles. The van der Waals surface area contributed by atoms with E-state index in [0.717, 1.165) is 112 Å². The van der Waals surface area contributed by atoms with Crippen molar-refractivity contribution in [2.45, 2.75) is 0 Å². The molecular weight excluding hydrogens is 1270 g/mol. The van der Waals surface area contributed by atoms with Crippen molar-refractivity contribution in [3.8, 4) is 101 Å². The summed E-state index contributed by atoms with van der Waals surface area (Å²) in [6, 6.07) is 110. The lowest BCUT2D eigenvalue weighted by molar-refractivity contribution is 1.08. The topological polar surface area (TPSA) is 71.3 Å². The van der Waals surface area contributed by atoms with E-state index < -0.39 is 0 Å². The van der Waals surface area contributed by atoms with Crippen LogP contribution in [0.5, 0.6) is 0 Å². The monoisotopic (exact) mass is 1320 g/mol. The lowest BCUT2D eigenvalue weighted by Crippen LogP contribution is -1.98. The average molecular weight is 1320 g/mol. The van der Waals surface area contributed by atoms with Crippen molar-refractivity contribution in [1.29, 1.82) is 0 Å². The van der Waals surface area contributed by atoms with Crippen molar-refractivity contribution in [3.05, 3.63) is 328 Å². The molecule has 0 unspecified atom stereocenters. The molecule has 24 rings (SSSR count). The van der Waals surface area contributed by atoms with Gasteiger partial charge in [0, 0.05) is 140 Å². The van der Waals surface area contributed by atoms with Crippen LogP contribution in [0.4, 0.5) is 0 Å². The summed E-state index contributed by atoms with van der Waals surface area (Å²) in [6.45, 7) is 0. The summed E-state index contributed by atoms with van der Waals surface area (Å²) in [5, 5.41) is 19.1. The molecule has 8 heteroatoms. The molecular formula is C96H54N8. The molecule has 0 atom stereocenters. The third-order valence-electron chi connectivity index (χ3n) is 22.8. The molecule has 0 amide bonds. The number of para-hydroxylation sites is 3. The number of aromatic nitrogens is 8. The largest absolute Gasteiger partial charge is 0.309 e. The van der Waals surface area contributed by atoms with E-state index in [9.17, 15) is 0 Å². The fourth-order valence-corrected chi connectivity index (χ4v) is 18.2. The van der Waals surface area contributed by atoms with Crippen molar-refractivity contribution in [2.24, 2.45) is 0 Å². The van der Waals surface area contributed by atoms with Crippen LogP contribution in [0.3, 0.4) is 0 Å². The van der Waals surface area contributed by atoms with Crippen LogP contribution in [0.25, 0.3) is 231 Å². The first-order valence-electron chi connectivity index (χ1n) is 35.5. The zero-order valence-electron chi connectivity index (χ0n) is 55.8. The maximum Gasteiger partial charge on any atom is 0.138 e. The Morgan fingerprint density at radius 1 is 0.202 bits per heavy atom. The van der Waals surface area contributed by atoms with Crippen molar-refractivity contribution in [1.82, 2.24) is 38.2 Å². The maximum atomic E-state index is 5.39. The van der Waals surface area contributed by atoms with Gasteiger partial charge in [-0.1, -0.05) is 188 Å². The summed E-state index contributed by atoms with van der Waals surface area (Å²) >= 11 is 0. The lowest BCUT2D eigenvalue weighted by atomic mass is 9.99. The summed E-state index contributed by atoms with van der Waals surface area (Å²) in [6.07, 6.45) is 10.1. The van der Waals surface area contributed by atoms with Gasteiger partial charge in [-0.2, -0.15) is 0 Å². The van der Waals surface area contributed by atoms with Crippen molar-refractivity contribution in [2.75, 3.05) is 0 Å². The van der Waals surface area contributed by atoms with Crippen molar-refractivity contribution < 1.29 is 0 Å². The first-order valence-corrected chi connectivity index (χ1v) is 35.5. The zero-order valence-corrected chi connectivity index (χ0v) is 55.8. The van der Waals surface area contributed by atoms with Crippen LogP contribution in [0.2, 0.25) is 0 Å². The molecule has 0 bridgehead atoms. The first-order chi connectivity index (χ1) is 51.6. The molecule has 0 aliphatic heterocycles. The third-order valence-corrected chi connectivity index (χ3v) is 22.8. The molecule has 2 aliphatic rings. The summed E-state index contributed by atoms with van der Waals surface area (Å²) in [5.41, 5.74) is 27.3. The smallest absolute Gasteiger partial charge is 0.138 e. The minimum Gasteiger partial charge on any atom is -0.309 e. The maximum absolute atomic E-state index is 5.39. The van der Waals surface area contributed by atoms with Crippen LogP contribution in [-0.4, -0.2) is 38.2 Å². The molecule has 0 saturated carbocycles. The molecule has 0 radical (unpaired) electrons. The van der Waals surface area contributed by atoms with Crippen molar-refractivity contribution in [3.63, 3.8) is 0 Å². The molecule has 22 aromatic rings. The molecule has 0 spiro atoms. The Morgan fingerprint density at radius 2 is 0.663 bits per heavy atom. The summed E-state index contributed by atoms with van der Waals surface area (Å²) < 4.78 is 9.54. The summed E-state index contributed by atoms with van der Waals surface area (Å²) in [4.78, 5) is 20.5. The Balaban J connectivity index is 0.590. The van der Waals surface area contributed by atoms with Gasteiger partial charge in [-0.05, 0) is 170 Å². The average Bonchev–Trinajstić information content (AvgIpc) is 1.58. The molecule has 8 nitrogen and oxygen atoms in total. The molecule has 0 N–H and O–H groups in total. The highest BCUT2D eigenvalue weighted by atomic mass is 15.1. The second-order valence-corrected chi connectivity index (χ2v) is 28.1. The van der Waals surface area contributed by atoms with E-state index in [0.29, 0.717) is 0 Å². The first kappa shape index (κ1) is 55.8. The van der Waals surface area contributed by atoms with E-state index in [-0.39, 0.29) is 0 Å². The van der Waals surface area contributed by atoms with Gasteiger partial charge in [0.05, 0.1) is 49.8 Å². The third kappa shape index (κ3) is 7.69. The van der Waals surface area contributed by atoms with Crippen LogP contribution in [-0.2, 0) is 0 Å². The number of nitrogens with zero attached hydrogens (tertiary/aromatic N) is 8. The van der Waals surface area contributed by atoms with E-state index >= 15 is 0 Å². The van der Waals surface area contributed by atoms with Gasteiger partial charge in [0.25, 0.3) is 0 Å². The summed E-state index contributed by atoms with van der Waals surface area (Å²) in [7, 11) is 0. The van der Waals surface area contributed by atoms with Gasteiger partial charge in [-0.3, -0.25) is 19.1 Å². The normalized spacial score (nSPS) is 12.4. The Hall–Kier alpha value is -14.1. The highest BCUT2D eigenvalue weighted by molar-refractivity contribution is 6.22. The van der Waals surface area contributed by atoms with Crippen LogP contribution >= 0.6 is 0 Å². The van der Waals surface area contributed by atoms with Gasteiger partial charge in [-0.15, -0.1) is 0 Å². The molecule has 0 fully saturated rings. The van der Waals surface area contributed by atoms with E-state index in [1.165, 1.54) is 120 Å². The van der Waals surface area contributed by atoms with E-state index in [4.69, 9.17) is 15.0 Å². The van der Waals surface area contributed by atoms with Gasteiger partial charge in [0.1, 0.15) is 11.6 Å². The zero-order chi connectivity index (χ0) is 67.6. The standard InChI is InChI=1S/C96H54N8/c1-2-18-64(19-3-1)101-84-26-10-8-21-67(84)75-43-59(31-38-86(75)101)62-34-41-89-78(46-62)79-42-57-15-4-5-16-58(57)47-90(79)104(89)92-49-74-70-24-13-25-72-94(70)83(81(74)53-99-92)54-100-95(72)56-28-35-65(36-29-56)102-87-39-32-61(45-77(87)71-37-30-55-14-6-7-20-66(55)96(71)102)60-33-40-88-76(44-60)68-22-9-11-27-85(68)103(88)91-48-73-69-23-12-17-63-50-97-51-82(93(63)69)80(73)52-98-91/h1-54H. The quantitative estimate of drug-likeness (QED) is 0.159. The molecule has 0 saturated heterocycles.